The minimum absolute atomic E-state index is 0.0210. The van der Waals surface area contributed by atoms with E-state index >= 15 is 0 Å². The van der Waals surface area contributed by atoms with E-state index in [0.29, 0.717) is 12.2 Å². The summed E-state index contributed by atoms with van der Waals surface area (Å²) >= 11 is 0. The van der Waals surface area contributed by atoms with Crippen LogP contribution in [0.5, 0.6) is 5.75 Å². The lowest BCUT2D eigenvalue weighted by Gasteiger charge is -2.19. The van der Waals surface area contributed by atoms with Crippen molar-refractivity contribution in [2.75, 3.05) is 0 Å². The largest absolute Gasteiger partial charge is 0.489 e. The quantitative estimate of drug-likeness (QED) is 0.521. The van der Waals surface area contributed by atoms with Crippen molar-refractivity contribution in [1.82, 2.24) is 0 Å². The summed E-state index contributed by atoms with van der Waals surface area (Å²) in [6.07, 6.45) is 0. The van der Waals surface area contributed by atoms with Crippen LogP contribution in [-0.2, 0) is 12.0 Å². The first kappa shape index (κ1) is 16.6. The maximum Gasteiger partial charge on any atom is 0.187 e. The zero-order valence-corrected chi connectivity index (χ0v) is 13.6. The molecule has 1 N–H and O–H groups in total. The molecule has 4 nitrogen and oxygen atoms in total. The van der Waals surface area contributed by atoms with Gasteiger partial charge in [-0.15, -0.1) is 0 Å². The predicted molar refractivity (Wildman–Crippen MR) is 89.9 cm³/mol. The minimum atomic E-state index is -0.0210. The van der Waals surface area contributed by atoms with Crippen LogP contribution in [0.3, 0.4) is 0 Å². The van der Waals surface area contributed by atoms with Crippen LogP contribution >= 0.6 is 0 Å². The van der Waals surface area contributed by atoms with Gasteiger partial charge in [-0.1, -0.05) is 62.3 Å². The van der Waals surface area contributed by atoms with E-state index in [4.69, 9.17) is 15.2 Å². The van der Waals surface area contributed by atoms with E-state index in [-0.39, 0.29) is 11.1 Å². The number of rotatable bonds is 4. The molecule has 0 spiro atoms. The average Bonchev–Trinajstić information content (AvgIpc) is 2.54. The fraction of sp³-hybridized carbons (Fsp3) is 0.263. The predicted octanol–water partition coefficient (Wildman–Crippen LogP) is 4.26. The molecular weight excluding hydrogens is 288 g/mol. The van der Waals surface area contributed by atoms with Gasteiger partial charge >= 0.3 is 0 Å². The van der Waals surface area contributed by atoms with Gasteiger partial charge in [-0.25, -0.2) is 0 Å². The number of nitrogens with zero attached hydrogens (tertiary/aromatic N) is 2. The van der Waals surface area contributed by atoms with Crippen LogP contribution in [-0.4, -0.2) is 10.9 Å². The molecule has 0 radical (unpaired) electrons. The van der Waals surface area contributed by atoms with E-state index in [2.05, 4.69) is 38.1 Å². The van der Waals surface area contributed by atoms with Crippen molar-refractivity contribution >= 4 is 5.71 Å². The molecule has 0 bridgehead atoms. The lowest BCUT2D eigenvalue weighted by Crippen LogP contribution is -2.10. The molecule has 2 aromatic rings. The van der Waals surface area contributed by atoms with Gasteiger partial charge in [0.2, 0.25) is 0 Å². The molecule has 23 heavy (non-hydrogen) atoms. The highest BCUT2D eigenvalue weighted by molar-refractivity contribution is 6.12. The van der Waals surface area contributed by atoms with Crippen molar-refractivity contribution in [3.63, 3.8) is 0 Å². The molecular formula is C19H20N2O2. The maximum atomic E-state index is 9.01. The number of benzene rings is 2. The minimum Gasteiger partial charge on any atom is -0.489 e. The van der Waals surface area contributed by atoms with Crippen molar-refractivity contribution in [2.45, 2.75) is 32.8 Å². The van der Waals surface area contributed by atoms with E-state index in [0.717, 1.165) is 11.3 Å². The summed E-state index contributed by atoms with van der Waals surface area (Å²) in [6, 6.07) is 17.1. The molecule has 0 aliphatic rings. The number of hydrogen-bond acceptors (Lipinski definition) is 4. The highest BCUT2D eigenvalue weighted by Gasteiger charge is 2.13. The summed E-state index contributed by atoms with van der Waals surface area (Å²) in [5.74, 6) is 0.757. The van der Waals surface area contributed by atoms with Crippen molar-refractivity contribution < 1.29 is 9.94 Å². The van der Waals surface area contributed by atoms with Crippen LogP contribution in [0.2, 0.25) is 0 Å². The van der Waals surface area contributed by atoms with Crippen molar-refractivity contribution in [3.05, 3.63) is 65.2 Å². The number of nitriles is 1. The molecule has 0 fully saturated rings. The summed E-state index contributed by atoms with van der Waals surface area (Å²) in [4.78, 5) is 0. The summed E-state index contributed by atoms with van der Waals surface area (Å²) in [6.45, 7) is 6.79. The molecule has 0 amide bonds. The van der Waals surface area contributed by atoms with Crippen LogP contribution in [0.4, 0.5) is 0 Å². The highest BCUT2D eigenvalue weighted by atomic mass is 16.5. The Morgan fingerprint density at radius 2 is 1.78 bits per heavy atom. The second kappa shape index (κ2) is 6.97. The fourth-order valence-corrected chi connectivity index (χ4v) is 2.23. The van der Waals surface area contributed by atoms with Gasteiger partial charge in [0.05, 0.1) is 0 Å². The Morgan fingerprint density at radius 1 is 1.13 bits per heavy atom. The molecule has 0 saturated heterocycles. The summed E-state index contributed by atoms with van der Waals surface area (Å²) in [5.41, 5.74) is 2.69. The molecule has 2 rings (SSSR count). The molecule has 0 heterocycles. The van der Waals surface area contributed by atoms with Gasteiger partial charge in [-0.3, -0.25) is 0 Å². The first-order valence-electron chi connectivity index (χ1n) is 7.39. The topological polar surface area (TPSA) is 65.6 Å². The third-order valence-corrected chi connectivity index (χ3v) is 3.59. The van der Waals surface area contributed by atoms with E-state index < -0.39 is 0 Å². The first-order chi connectivity index (χ1) is 11.0. The summed E-state index contributed by atoms with van der Waals surface area (Å²) in [7, 11) is 0. The molecule has 0 aliphatic carbocycles. The van der Waals surface area contributed by atoms with Gasteiger partial charge in [0.1, 0.15) is 18.4 Å². The summed E-state index contributed by atoms with van der Waals surface area (Å²) < 4.78 is 5.79. The normalized spacial score (nSPS) is 11.8. The summed E-state index contributed by atoms with van der Waals surface area (Å²) in [5, 5.41) is 21.0. The average molecular weight is 308 g/mol. The molecule has 0 aromatic heterocycles. The van der Waals surface area contributed by atoms with Gasteiger partial charge in [-0.2, -0.15) is 5.26 Å². The van der Waals surface area contributed by atoms with Gasteiger partial charge in [0.15, 0.2) is 5.71 Å². The highest BCUT2D eigenvalue weighted by Crippen LogP contribution is 2.24. The van der Waals surface area contributed by atoms with Crippen LogP contribution in [0.15, 0.2) is 53.7 Å². The van der Waals surface area contributed by atoms with E-state index in [1.54, 1.807) is 12.1 Å². The monoisotopic (exact) mass is 308 g/mol. The SMILES string of the molecule is CC(C)(C)c1ccc(OCc2ccccc2/C(C#N)=N\O)cc1. The van der Waals surface area contributed by atoms with Crippen LogP contribution in [0, 0.1) is 11.3 Å². The first-order valence-corrected chi connectivity index (χ1v) is 7.39. The van der Waals surface area contributed by atoms with Crippen molar-refractivity contribution in [2.24, 2.45) is 5.16 Å². The van der Waals surface area contributed by atoms with Crippen molar-refractivity contribution in [3.8, 4) is 11.8 Å². The number of ether oxygens (including phenoxy) is 1. The van der Waals surface area contributed by atoms with Gasteiger partial charge in [0.25, 0.3) is 0 Å². The molecule has 0 atom stereocenters. The zero-order valence-electron chi connectivity index (χ0n) is 13.6. The zero-order chi connectivity index (χ0) is 16.9. The fourth-order valence-electron chi connectivity index (χ4n) is 2.23. The molecule has 0 saturated carbocycles. The van der Waals surface area contributed by atoms with Gasteiger partial charge in [-0.05, 0) is 28.7 Å². The van der Waals surface area contributed by atoms with E-state index in [1.807, 2.05) is 30.3 Å². The van der Waals surface area contributed by atoms with Crippen molar-refractivity contribution in [1.29, 1.82) is 5.26 Å². The molecule has 0 unspecified atom stereocenters. The van der Waals surface area contributed by atoms with Gasteiger partial charge in [0, 0.05) is 5.56 Å². The smallest absolute Gasteiger partial charge is 0.187 e. The molecule has 2 aromatic carbocycles. The molecule has 0 aliphatic heterocycles. The third kappa shape index (κ3) is 4.10. The van der Waals surface area contributed by atoms with Gasteiger partial charge < -0.3 is 9.94 Å². The lowest BCUT2D eigenvalue weighted by atomic mass is 9.87. The van der Waals surface area contributed by atoms with E-state index in [9.17, 15) is 0 Å². The van der Waals surface area contributed by atoms with Crippen LogP contribution in [0.1, 0.15) is 37.5 Å². The Hall–Kier alpha value is -2.80. The van der Waals surface area contributed by atoms with Crippen LogP contribution < -0.4 is 4.74 Å². The maximum absolute atomic E-state index is 9.01. The van der Waals surface area contributed by atoms with Crippen LogP contribution in [0.25, 0.3) is 0 Å². The Morgan fingerprint density at radius 3 is 2.35 bits per heavy atom. The Balaban J connectivity index is 2.15. The Kier molecular flexibility index (Phi) is 5.02. The lowest BCUT2D eigenvalue weighted by molar-refractivity contribution is 0.305. The standard InChI is InChI=1S/C19H20N2O2/c1-19(2,3)15-8-10-16(11-9-15)23-13-14-6-4-5-7-17(14)18(12-20)21-22/h4-11,22H,13H2,1-3H3/b21-18-. The third-order valence-electron chi connectivity index (χ3n) is 3.59. The second-order valence-corrected chi connectivity index (χ2v) is 6.28. The second-order valence-electron chi connectivity index (χ2n) is 6.28. The Labute approximate surface area is 136 Å². The number of oxime groups is 1. The van der Waals surface area contributed by atoms with E-state index in [1.165, 1.54) is 5.56 Å². The molecule has 4 heteroatoms. The molecule has 118 valence electrons. The number of hydrogen-bond donors (Lipinski definition) is 1. The Bertz CT molecular complexity index is 735.